The predicted molar refractivity (Wildman–Crippen MR) is 102 cm³/mol. The van der Waals surface area contributed by atoms with Crippen molar-refractivity contribution in [3.8, 4) is 0 Å². The molecule has 0 radical (unpaired) electrons. The molecule has 0 aliphatic rings. The maximum atomic E-state index is 10.4. The fraction of sp³-hybridized carbons (Fsp3) is 0.450. The number of hydrogen-bond acceptors (Lipinski definition) is 5. The van der Waals surface area contributed by atoms with Gasteiger partial charge in [0.25, 0.3) is 0 Å². The van der Waals surface area contributed by atoms with Gasteiger partial charge in [0.05, 0.1) is 24.4 Å². The Kier molecular flexibility index (Phi) is 14.1. The molecule has 146 valence electrons. The van der Waals surface area contributed by atoms with Gasteiger partial charge in [0.2, 0.25) is 0 Å². The van der Waals surface area contributed by atoms with E-state index < -0.39 is 30.4 Å². The molecule has 0 spiro atoms. The molecule has 0 aromatic heterocycles. The Morgan fingerprint density at radius 3 is 2.00 bits per heavy atom. The van der Waals surface area contributed by atoms with Crippen molar-refractivity contribution in [2.45, 2.75) is 57.0 Å². The van der Waals surface area contributed by atoms with Gasteiger partial charge < -0.3 is 25.5 Å². The van der Waals surface area contributed by atoms with Crippen molar-refractivity contribution >= 4 is 5.97 Å². The Morgan fingerprint density at radius 2 is 1.42 bits per heavy atom. The van der Waals surface area contributed by atoms with E-state index in [2.05, 4.69) is 0 Å². The highest BCUT2D eigenvalue weighted by molar-refractivity contribution is 5.66. The number of aliphatic carboxylic acids is 1. The lowest BCUT2D eigenvalue weighted by Gasteiger charge is -2.06. The number of aliphatic hydroxyl groups excluding tert-OH is 4. The molecule has 26 heavy (non-hydrogen) atoms. The maximum absolute atomic E-state index is 10.4. The Balaban J connectivity index is 3.99. The summed E-state index contributed by atoms with van der Waals surface area (Å²) in [5.41, 5.74) is 0. The third-order valence-corrected chi connectivity index (χ3v) is 3.32. The molecule has 1 unspecified atom stereocenters. The molecule has 4 atom stereocenters. The van der Waals surface area contributed by atoms with Gasteiger partial charge in [-0.25, -0.2) is 0 Å². The summed E-state index contributed by atoms with van der Waals surface area (Å²) >= 11 is 0. The second-order valence-electron chi connectivity index (χ2n) is 5.86. The van der Waals surface area contributed by atoms with Crippen LogP contribution < -0.4 is 0 Å². The molecule has 0 amide bonds. The second-order valence-corrected chi connectivity index (χ2v) is 5.86. The monoisotopic (exact) mass is 366 g/mol. The van der Waals surface area contributed by atoms with E-state index in [0.29, 0.717) is 19.3 Å². The summed E-state index contributed by atoms with van der Waals surface area (Å²) in [6.07, 6.45) is 14.8. The molecule has 0 rings (SSSR count). The first-order chi connectivity index (χ1) is 12.3. The van der Waals surface area contributed by atoms with Crippen molar-refractivity contribution in [2.24, 2.45) is 0 Å². The molecule has 0 bridgehead atoms. The molecule has 0 saturated carbocycles. The van der Waals surface area contributed by atoms with Gasteiger partial charge in [-0.3, -0.25) is 4.79 Å². The van der Waals surface area contributed by atoms with Gasteiger partial charge in [0.15, 0.2) is 0 Å². The summed E-state index contributed by atoms with van der Waals surface area (Å²) in [4.78, 5) is 10.4. The van der Waals surface area contributed by atoms with Crippen LogP contribution in [0, 0.1) is 0 Å². The standard InChI is InChI=1S/C20H30O6/c1-16(21)19(24)14-8-4-7-12-17(22)10-5-2-3-6-11-18(23)13-9-15-20(25)26/h2-8,10-11,14,16-19,21-24H,9,12-13,15H2,1H3,(H,25,26)/b3-2+,7-4-,10-5+,11-6-,14-8+/t16?,17-,18+,19-/m0/s1. The van der Waals surface area contributed by atoms with Crippen LogP contribution in [0.5, 0.6) is 0 Å². The molecule has 0 fully saturated rings. The van der Waals surface area contributed by atoms with E-state index >= 15 is 0 Å². The van der Waals surface area contributed by atoms with Gasteiger partial charge in [0, 0.05) is 6.42 Å². The molecule has 0 aromatic rings. The number of rotatable bonds is 13. The zero-order valence-corrected chi connectivity index (χ0v) is 15.1. The Morgan fingerprint density at radius 1 is 0.846 bits per heavy atom. The van der Waals surface area contributed by atoms with Crippen LogP contribution in [0.2, 0.25) is 0 Å². The summed E-state index contributed by atoms with van der Waals surface area (Å²) in [5.74, 6) is -0.868. The van der Waals surface area contributed by atoms with E-state index in [1.165, 1.54) is 13.0 Å². The van der Waals surface area contributed by atoms with Crippen molar-refractivity contribution in [3.63, 3.8) is 0 Å². The first-order valence-corrected chi connectivity index (χ1v) is 8.62. The SMILES string of the molecule is CC(O)[C@@H](O)/C=C/C=C\C[C@@H](O)/C=C/C=C/C=C\[C@@H](O)CCCC(=O)O. The lowest BCUT2D eigenvalue weighted by molar-refractivity contribution is -0.137. The highest BCUT2D eigenvalue weighted by Gasteiger charge is 2.04. The Hall–Kier alpha value is -1.99. The third kappa shape index (κ3) is 15.5. The van der Waals surface area contributed by atoms with E-state index in [1.807, 2.05) is 0 Å². The molecule has 6 heteroatoms. The molecule has 0 heterocycles. The zero-order chi connectivity index (χ0) is 19.8. The number of hydrogen-bond donors (Lipinski definition) is 5. The van der Waals surface area contributed by atoms with Gasteiger partial charge >= 0.3 is 5.97 Å². The maximum Gasteiger partial charge on any atom is 0.303 e. The van der Waals surface area contributed by atoms with Crippen LogP contribution in [0.25, 0.3) is 0 Å². The van der Waals surface area contributed by atoms with Crippen LogP contribution in [0.4, 0.5) is 0 Å². The molecule has 0 saturated heterocycles. The molecular weight excluding hydrogens is 336 g/mol. The Labute approximate surface area is 154 Å². The molecule has 6 nitrogen and oxygen atoms in total. The molecule has 0 aliphatic carbocycles. The van der Waals surface area contributed by atoms with Crippen molar-refractivity contribution in [3.05, 3.63) is 60.8 Å². The van der Waals surface area contributed by atoms with Gasteiger partial charge in [0.1, 0.15) is 0 Å². The summed E-state index contributed by atoms with van der Waals surface area (Å²) in [6.45, 7) is 1.50. The van der Waals surface area contributed by atoms with Gasteiger partial charge in [-0.2, -0.15) is 0 Å². The molecule has 0 aliphatic heterocycles. The first-order valence-electron chi connectivity index (χ1n) is 8.62. The van der Waals surface area contributed by atoms with Crippen LogP contribution in [0.3, 0.4) is 0 Å². The second kappa shape index (κ2) is 15.3. The number of allylic oxidation sites excluding steroid dienone is 6. The molecule has 0 aromatic carbocycles. The highest BCUT2D eigenvalue weighted by Crippen LogP contribution is 2.02. The lowest BCUT2D eigenvalue weighted by atomic mass is 10.1. The van der Waals surface area contributed by atoms with Crippen LogP contribution >= 0.6 is 0 Å². The fourth-order valence-electron chi connectivity index (χ4n) is 1.79. The number of carbonyl (C=O) groups is 1. The largest absolute Gasteiger partial charge is 0.481 e. The third-order valence-electron chi connectivity index (χ3n) is 3.32. The van der Waals surface area contributed by atoms with Crippen molar-refractivity contribution < 1.29 is 30.3 Å². The average molecular weight is 366 g/mol. The van der Waals surface area contributed by atoms with Crippen molar-refractivity contribution in [1.29, 1.82) is 0 Å². The number of carboxylic acids is 1. The minimum Gasteiger partial charge on any atom is -0.481 e. The van der Waals surface area contributed by atoms with Crippen molar-refractivity contribution in [2.75, 3.05) is 0 Å². The summed E-state index contributed by atoms with van der Waals surface area (Å²) < 4.78 is 0. The topological polar surface area (TPSA) is 118 Å². The minimum absolute atomic E-state index is 0.0484. The van der Waals surface area contributed by atoms with E-state index in [-0.39, 0.29) is 6.42 Å². The first kappa shape index (κ1) is 24.0. The Bertz CT molecular complexity index is 516. The van der Waals surface area contributed by atoms with Crippen molar-refractivity contribution in [1.82, 2.24) is 0 Å². The smallest absolute Gasteiger partial charge is 0.303 e. The number of aliphatic hydroxyl groups is 4. The van der Waals surface area contributed by atoms with Gasteiger partial charge in [-0.15, -0.1) is 0 Å². The van der Waals surface area contributed by atoms with E-state index in [1.54, 1.807) is 54.7 Å². The van der Waals surface area contributed by atoms with E-state index in [0.717, 1.165) is 0 Å². The quantitative estimate of drug-likeness (QED) is 0.318. The number of carboxylic acid groups (broad SMARTS) is 1. The normalized spacial score (nSPS) is 17.7. The van der Waals surface area contributed by atoms with Gasteiger partial charge in [-0.05, 0) is 26.2 Å². The van der Waals surface area contributed by atoms with Gasteiger partial charge in [-0.1, -0.05) is 60.8 Å². The molecular formula is C20H30O6. The lowest BCUT2D eigenvalue weighted by Crippen LogP contribution is -2.19. The van der Waals surface area contributed by atoms with E-state index in [4.69, 9.17) is 10.2 Å². The van der Waals surface area contributed by atoms with E-state index in [9.17, 15) is 20.1 Å². The van der Waals surface area contributed by atoms with Crippen LogP contribution in [0.1, 0.15) is 32.6 Å². The summed E-state index contributed by atoms with van der Waals surface area (Å²) in [5, 5.41) is 46.3. The fourth-order valence-corrected chi connectivity index (χ4v) is 1.79. The predicted octanol–water partition coefficient (Wildman–Crippen LogP) is 1.88. The minimum atomic E-state index is -0.904. The highest BCUT2D eigenvalue weighted by atomic mass is 16.4. The average Bonchev–Trinajstić information content (AvgIpc) is 2.56. The summed E-state index contributed by atoms with van der Waals surface area (Å²) in [6, 6.07) is 0. The van der Waals surface area contributed by atoms with Crippen LogP contribution in [-0.4, -0.2) is 55.9 Å². The summed E-state index contributed by atoms with van der Waals surface area (Å²) in [7, 11) is 0. The van der Waals surface area contributed by atoms with Crippen LogP contribution in [-0.2, 0) is 4.79 Å². The zero-order valence-electron chi connectivity index (χ0n) is 15.1. The van der Waals surface area contributed by atoms with Crippen LogP contribution in [0.15, 0.2) is 60.8 Å². The molecule has 5 N–H and O–H groups in total.